The molecule has 0 unspecified atom stereocenters. The van der Waals surface area contributed by atoms with Gasteiger partial charge in [-0.1, -0.05) is 20.4 Å². The molecule has 0 fully saturated rings. The molecule has 1 aromatic heterocycles. The minimum Gasteiger partial charge on any atom is -0.351 e. The fourth-order valence-corrected chi connectivity index (χ4v) is 1.60. The van der Waals surface area contributed by atoms with Crippen molar-refractivity contribution in [1.29, 1.82) is 0 Å². The number of nitrogens with zero attached hydrogens (tertiary/aromatic N) is 2. The monoisotopic (exact) mass is 263 g/mol. The molecule has 6 heteroatoms. The maximum absolute atomic E-state index is 11.3. The maximum Gasteiger partial charge on any atom is 0.264 e. The summed E-state index contributed by atoms with van der Waals surface area (Å²) in [6, 6.07) is 0. The van der Waals surface area contributed by atoms with Gasteiger partial charge in [-0.3, -0.25) is 4.79 Å². The summed E-state index contributed by atoms with van der Waals surface area (Å²) in [6.45, 7) is 0.711. The van der Waals surface area contributed by atoms with Crippen LogP contribution in [0, 0.1) is 0 Å². The van der Waals surface area contributed by atoms with E-state index in [0.717, 1.165) is 29.7 Å². The van der Waals surface area contributed by atoms with E-state index in [-0.39, 0.29) is 5.91 Å². The molecule has 1 amide bonds. The second kappa shape index (κ2) is 6.04. The van der Waals surface area contributed by atoms with E-state index in [9.17, 15) is 4.79 Å². The van der Waals surface area contributed by atoms with Crippen LogP contribution in [0.4, 0.5) is 0 Å². The zero-order valence-electron chi connectivity index (χ0n) is 6.99. The van der Waals surface area contributed by atoms with Gasteiger partial charge >= 0.3 is 0 Å². The molecule has 0 saturated heterocycles. The lowest BCUT2D eigenvalue weighted by atomic mass is 10.3. The molecule has 0 aliphatic heterocycles. The SMILES string of the molecule is O=C(NCCCCBr)c1cnns1. The van der Waals surface area contributed by atoms with Crippen molar-refractivity contribution in [3.05, 3.63) is 11.1 Å². The fraction of sp³-hybridized carbons (Fsp3) is 0.571. The summed E-state index contributed by atoms with van der Waals surface area (Å²) in [5, 5.41) is 7.36. The van der Waals surface area contributed by atoms with Crippen molar-refractivity contribution in [2.24, 2.45) is 0 Å². The number of hydrogen-bond acceptors (Lipinski definition) is 4. The van der Waals surface area contributed by atoms with Crippen LogP contribution in [0.25, 0.3) is 0 Å². The topological polar surface area (TPSA) is 54.9 Å². The summed E-state index contributed by atoms with van der Waals surface area (Å²) in [4.78, 5) is 11.8. The largest absolute Gasteiger partial charge is 0.351 e. The predicted molar refractivity (Wildman–Crippen MR) is 55.3 cm³/mol. The molecule has 0 radical (unpaired) electrons. The van der Waals surface area contributed by atoms with Gasteiger partial charge in [0, 0.05) is 11.9 Å². The number of aromatic nitrogens is 2. The molecule has 1 rings (SSSR count). The highest BCUT2D eigenvalue weighted by atomic mass is 79.9. The highest BCUT2D eigenvalue weighted by Crippen LogP contribution is 2.01. The first kappa shape index (κ1) is 10.6. The highest BCUT2D eigenvalue weighted by molar-refractivity contribution is 9.09. The molecule has 0 saturated carbocycles. The molecule has 0 aliphatic carbocycles. The first-order valence-electron chi connectivity index (χ1n) is 3.96. The lowest BCUT2D eigenvalue weighted by molar-refractivity contribution is 0.0957. The number of carbonyl (C=O) groups is 1. The van der Waals surface area contributed by atoms with Crippen LogP contribution >= 0.6 is 27.5 Å². The van der Waals surface area contributed by atoms with Crippen molar-refractivity contribution in [2.45, 2.75) is 12.8 Å². The van der Waals surface area contributed by atoms with Gasteiger partial charge in [0.05, 0.1) is 6.20 Å². The average molecular weight is 264 g/mol. The van der Waals surface area contributed by atoms with E-state index in [1.165, 1.54) is 6.20 Å². The Kier molecular flexibility index (Phi) is 4.92. The van der Waals surface area contributed by atoms with Gasteiger partial charge in [-0.2, -0.15) is 0 Å². The number of unbranched alkanes of at least 4 members (excludes halogenated alkanes) is 1. The molecule has 1 aromatic rings. The first-order chi connectivity index (χ1) is 6.34. The quantitative estimate of drug-likeness (QED) is 0.646. The summed E-state index contributed by atoms with van der Waals surface area (Å²) in [6.07, 6.45) is 3.54. The molecule has 0 atom stereocenters. The third-order valence-corrected chi connectivity index (χ3v) is 2.66. The smallest absolute Gasteiger partial charge is 0.264 e. The fourth-order valence-electron chi connectivity index (χ4n) is 0.776. The van der Waals surface area contributed by atoms with E-state index in [4.69, 9.17) is 0 Å². The Morgan fingerprint density at radius 3 is 3.08 bits per heavy atom. The molecule has 13 heavy (non-hydrogen) atoms. The number of rotatable bonds is 5. The first-order valence-corrected chi connectivity index (χ1v) is 5.85. The van der Waals surface area contributed by atoms with Crippen molar-refractivity contribution in [3.8, 4) is 0 Å². The van der Waals surface area contributed by atoms with Crippen molar-refractivity contribution >= 4 is 33.4 Å². The summed E-state index contributed by atoms with van der Waals surface area (Å²) >= 11 is 4.44. The van der Waals surface area contributed by atoms with E-state index in [2.05, 4.69) is 30.8 Å². The van der Waals surface area contributed by atoms with Gasteiger partial charge in [-0.15, -0.1) is 5.10 Å². The van der Waals surface area contributed by atoms with E-state index in [1.54, 1.807) is 0 Å². The number of amides is 1. The molecule has 0 spiro atoms. The lowest BCUT2D eigenvalue weighted by Crippen LogP contribution is -2.23. The third kappa shape index (κ3) is 3.82. The number of nitrogens with one attached hydrogen (secondary N) is 1. The van der Waals surface area contributed by atoms with Crippen LogP contribution in [-0.2, 0) is 0 Å². The Morgan fingerprint density at radius 1 is 1.62 bits per heavy atom. The average Bonchev–Trinajstić information content (AvgIpc) is 2.65. The van der Waals surface area contributed by atoms with E-state index in [0.29, 0.717) is 11.4 Å². The Labute approximate surface area is 89.0 Å². The van der Waals surface area contributed by atoms with Crippen molar-refractivity contribution in [1.82, 2.24) is 14.9 Å². The van der Waals surface area contributed by atoms with Gasteiger partial charge in [0.25, 0.3) is 5.91 Å². The molecular formula is C7H10BrN3OS. The zero-order valence-corrected chi connectivity index (χ0v) is 9.40. The molecule has 0 aromatic carbocycles. The van der Waals surface area contributed by atoms with Gasteiger partial charge in [0.2, 0.25) is 0 Å². The molecule has 4 nitrogen and oxygen atoms in total. The number of halogens is 1. The van der Waals surface area contributed by atoms with E-state index >= 15 is 0 Å². The van der Waals surface area contributed by atoms with Crippen LogP contribution < -0.4 is 5.32 Å². The molecule has 0 aliphatic rings. The molecular weight excluding hydrogens is 254 g/mol. The Hall–Kier alpha value is -0.490. The second-order valence-corrected chi connectivity index (χ2v) is 4.01. The zero-order chi connectivity index (χ0) is 9.52. The van der Waals surface area contributed by atoms with E-state index in [1.807, 2.05) is 0 Å². The van der Waals surface area contributed by atoms with Crippen molar-refractivity contribution in [3.63, 3.8) is 0 Å². The number of alkyl halides is 1. The maximum atomic E-state index is 11.3. The van der Waals surface area contributed by atoms with Crippen molar-refractivity contribution in [2.75, 3.05) is 11.9 Å². The van der Waals surface area contributed by atoms with Gasteiger partial charge in [0.15, 0.2) is 0 Å². The normalized spacial score (nSPS) is 9.92. The molecule has 1 N–H and O–H groups in total. The molecule has 1 heterocycles. The van der Waals surface area contributed by atoms with Crippen LogP contribution in [0.3, 0.4) is 0 Å². The Morgan fingerprint density at radius 2 is 2.46 bits per heavy atom. The van der Waals surface area contributed by atoms with Crippen molar-refractivity contribution < 1.29 is 4.79 Å². The standard InChI is InChI=1S/C7H10BrN3OS/c8-3-1-2-4-9-7(12)6-5-10-11-13-6/h5H,1-4H2,(H,9,12). The third-order valence-electron chi connectivity index (χ3n) is 1.43. The number of carbonyl (C=O) groups excluding carboxylic acids is 1. The van der Waals surface area contributed by atoms with Crippen LogP contribution in [0.2, 0.25) is 0 Å². The number of hydrogen-bond donors (Lipinski definition) is 1. The summed E-state index contributed by atoms with van der Waals surface area (Å²) < 4.78 is 3.61. The van der Waals surface area contributed by atoms with E-state index < -0.39 is 0 Å². The molecule has 72 valence electrons. The van der Waals surface area contributed by atoms with Crippen LogP contribution in [0.5, 0.6) is 0 Å². The van der Waals surface area contributed by atoms with Crippen LogP contribution in [0.15, 0.2) is 6.20 Å². The summed E-state index contributed by atoms with van der Waals surface area (Å²) in [5.74, 6) is -0.0791. The van der Waals surface area contributed by atoms with Gasteiger partial charge in [0.1, 0.15) is 4.88 Å². The molecule has 0 bridgehead atoms. The van der Waals surface area contributed by atoms with Gasteiger partial charge in [-0.25, -0.2) is 0 Å². The Bertz CT molecular complexity index is 252. The Balaban J connectivity index is 2.19. The summed E-state index contributed by atoms with van der Waals surface area (Å²) in [5.41, 5.74) is 0. The van der Waals surface area contributed by atoms with Gasteiger partial charge < -0.3 is 5.32 Å². The second-order valence-electron chi connectivity index (χ2n) is 2.43. The predicted octanol–water partition coefficient (Wildman–Crippen LogP) is 1.44. The minimum absolute atomic E-state index is 0.0791. The van der Waals surface area contributed by atoms with Crippen LogP contribution in [-0.4, -0.2) is 27.4 Å². The van der Waals surface area contributed by atoms with Gasteiger partial charge in [-0.05, 0) is 24.4 Å². The summed E-state index contributed by atoms with van der Waals surface area (Å²) in [7, 11) is 0. The lowest BCUT2D eigenvalue weighted by Gasteiger charge is -2.00. The highest BCUT2D eigenvalue weighted by Gasteiger charge is 2.06. The van der Waals surface area contributed by atoms with Crippen LogP contribution in [0.1, 0.15) is 22.5 Å². The minimum atomic E-state index is -0.0791.